The summed E-state index contributed by atoms with van der Waals surface area (Å²) in [6.07, 6.45) is 0. The topological polar surface area (TPSA) is 141 Å². The van der Waals surface area contributed by atoms with Gasteiger partial charge in [0, 0.05) is 22.5 Å². The number of hydrogen-bond donors (Lipinski definition) is 6. The number of nitrogens with one attached hydrogen (secondary N) is 4. The fraction of sp³-hybridized carbons (Fsp3) is 0. The molecule has 0 aliphatic rings. The van der Waals surface area contributed by atoms with Crippen LogP contribution in [-0.2, 0) is 0 Å². The highest BCUT2D eigenvalue weighted by Gasteiger charge is 2.08. The molecule has 0 saturated heterocycles. The van der Waals surface area contributed by atoms with E-state index in [4.69, 9.17) is 22.3 Å². The third kappa shape index (κ3) is 3.83. The molecule has 0 fully saturated rings. The van der Waals surface area contributed by atoms with Crippen LogP contribution in [0.3, 0.4) is 0 Å². The van der Waals surface area contributed by atoms with Crippen LogP contribution in [-0.4, -0.2) is 17.7 Å². The average Bonchev–Trinajstić information content (AvgIpc) is 2.47. The van der Waals surface area contributed by atoms with E-state index < -0.39 is 0 Å². The average molecular weight is 296 g/mol. The van der Waals surface area contributed by atoms with Crippen molar-refractivity contribution in [2.24, 2.45) is 11.5 Å². The molecule has 0 atom stereocenters. The Morgan fingerprint density at radius 3 is 2.00 bits per heavy atom. The minimum Gasteiger partial charge on any atom is -0.384 e. The fourth-order valence-electron chi connectivity index (χ4n) is 1.86. The van der Waals surface area contributed by atoms with E-state index in [1.165, 1.54) is 0 Å². The Labute approximate surface area is 127 Å². The molecule has 0 spiro atoms. The summed E-state index contributed by atoms with van der Waals surface area (Å²) in [4.78, 5) is 12.2. The molecule has 2 aromatic carbocycles. The smallest absolute Gasteiger partial charge is 0.255 e. The molecule has 0 heterocycles. The number of amides is 1. The summed E-state index contributed by atoms with van der Waals surface area (Å²) in [5, 5.41) is 19.9. The summed E-state index contributed by atoms with van der Waals surface area (Å²) >= 11 is 0. The first-order valence-corrected chi connectivity index (χ1v) is 6.42. The molecule has 1 amide bonds. The Balaban J connectivity index is 2.17. The second-order valence-electron chi connectivity index (χ2n) is 4.57. The number of anilines is 2. The summed E-state index contributed by atoms with van der Waals surface area (Å²) in [5.41, 5.74) is 12.7. The van der Waals surface area contributed by atoms with Crippen LogP contribution in [0.1, 0.15) is 15.9 Å². The van der Waals surface area contributed by atoms with E-state index in [0.717, 1.165) is 0 Å². The molecule has 0 aliphatic heterocycles. The van der Waals surface area contributed by atoms with Gasteiger partial charge in [-0.25, -0.2) is 0 Å². The number of carbonyl (C=O) groups excluding carboxylic acids is 1. The molecule has 0 saturated carbocycles. The van der Waals surface area contributed by atoms with Crippen LogP contribution < -0.4 is 22.1 Å². The van der Waals surface area contributed by atoms with Gasteiger partial charge < -0.3 is 22.1 Å². The molecule has 0 radical (unpaired) electrons. The Bertz CT molecular complexity index is 740. The standard InChI is InChI=1S/C15H16N6O/c16-13(17)9-3-1-5-11(7-9)20-14(22)10-4-2-6-12(8-10)21-15(18)19/h1-8H,(H3,16,17)(H,20,22)(H4,18,19,21). The molecule has 22 heavy (non-hydrogen) atoms. The Hall–Kier alpha value is -3.35. The maximum Gasteiger partial charge on any atom is 0.255 e. The molecule has 7 nitrogen and oxygen atoms in total. The van der Waals surface area contributed by atoms with E-state index in [1.807, 2.05) is 0 Å². The first-order chi connectivity index (χ1) is 10.5. The minimum atomic E-state index is -0.312. The minimum absolute atomic E-state index is 0.0660. The zero-order valence-electron chi connectivity index (χ0n) is 11.7. The summed E-state index contributed by atoms with van der Waals surface area (Å²) < 4.78 is 0. The number of nitrogens with two attached hydrogens (primary N) is 2. The zero-order valence-corrected chi connectivity index (χ0v) is 11.7. The van der Waals surface area contributed by atoms with Crippen molar-refractivity contribution in [2.75, 3.05) is 10.6 Å². The molecular weight excluding hydrogens is 280 g/mol. The maximum atomic E-state index is 12.2. The van der Waals surface area contributed by atoms with E-state index in [-0.39, 0.29) is 17.7 Å². The van der Waals surface area contributed by atoms with Gasteiger partial charge in [0.2, 0.25) is 0 Å². The van der Waals surface area contributed by atoms with Crippen molar-refractivity contribution >= 4 is 29.1 Å². The second-order valence-corrected chi connectivity index (χ2v) is 4.57. The molecule has 8 N–H and O–H groups in total. The molecule has 2 rings (SSSR count). The normalized spacial score (nSPS) is 9.82. The van der Waals surface area contributed by atoms with Crippen molar-refractivity contribution in [3.8, 4) is 0 Å². The Kier molecular flexibility index (Phi) is 4.38. The summed E-state index contributed by atoms with van der Waals surface area (Å²) in [6.45, 7) is 0. The Morgan fingerprint density at radius 1 is 0.864 bits per heavy atom. The number of hydrogen-bond acceptors (Lipinski definition) is 3. The van der Waals surface area contributed by atoms with Crippen molar-refractivity contribution in [2.45, 2.75) is 0 Å². The summed E-state index contributed by atoms with van der Waals surface area (Å²) in [5.74, 6) is -0.580. The third-order valence-electron chi connectivity index (χ3n) is 2.84. The quantitative estimate of drug-likeness (QED) is 0.376. The van der Waals surface area contributed by atoms with Gasteiger partial charge in [-0.05, 0) is 30.3 Å². The van der Waals surface area contributed by atoms with E-state index in [9.17, 15) is 4.79 Å². The number of rotatable bonds is 4. The van der Waals surface area contributed by atoms with Gasteiger partial charge in [0.25, 0.3) is 5.91 Å². The highest BCUT2D eigenvalue weighted by atomic mass is 16.1. The lowest BCUT2D eigenvalue weighted by molar-refractivity contribution is 0.102. The van der Waals surface area contributed by atoms with Gasteiger partial charge in [0.05, 0.1) is 0 Å². The molecule has 0 aromatic heterocycles. The number of amidine groups is 1. The molecular formula is C15H16N6O. The van der Waals surface area contributed by atoms with E-state index in [1.54, 1.807) is 48.5 Å². The first-order valence-electron chi connectivity index (χ1n) is 6.42. The van der Waals surface area contributed by atoms with Crippen LogP contribution >= 0.6 is 0 Å². The Morgan fingerprint density at radius 2 is 1.41 bits per heavy atom. The number of nitrogen functional groups attached to an aromatic ring is 1. The molecule has 112 valence electrons. The molecule has 7 heteroatoms. The summed E-state index contributed by atoms with van der Waals surface area (Å²) in [7, 11) is 0. The highest BCUT2D eigenvalue weighted by molar-refractivity contribution is 6.06. The van der Waals surface area contributed by atoms with Crippen LogP contribution in [0.5, 0.6) is 0 Å². The van der Waals surface area contributed by atoms with Crippen molar-refractivity contribution < 1.29 is 4.79 Å². The van der Waals surface area contributed by atoms with Gasteiger partial charge in [0.15, 0.2) is 5.96 Å². The zero-order chi connectivity index (χ0) is 16.1. The van der Waals surface area contributed by atoms with E-state index in [2.05, 4.69) is 10.6 Å². The number of benzene rings is 2. The SMILES string of the molecule is N=C(N)Nc1cccc(C(=O)Nc2cccc(C(=N)N)c2)c1. The van der Waals surface area contributed by atoms with Crippen LogP contribution in [0.2, 0.25) is 0 Å². The lowest BCUT2D eigenvalue weighted by atomic mass is 10.1. The number of carbonyl (C=O) groups is 1. The van der Waals surface area contributed by atoms with Gasteiger partial charge in [-0.1, -0.05) is 18.2 Å². The van der Waals surface area contributed by atoms with Crippen molar-refractivity contribution in [3.63, 3.8) is 0 Å². The number of guanidine groups is 1. The predicted molar refractivity (Wildman–Crippen MR) is 87.4 cm³/mol. The van der Waals surface area contributed by atoms with Crippen LogP contribution in [0.15, 0.2) is 48.5 Å². The van der Waals surface area contributed by atoms with E-state index in [0.29, 0.717) is 22.5 Å². The van der Waals surface area contributed by atoms with Gasteiger partial charge in [-0.2, -0.15) is 0 Å². The van der Waals surface area contributed by atoms with Crippen LogP contribution in [0.4, 0.5) is 11.4 Å². The molecule has 0 unspecified atom stereocenters. The van der Waals surface area contributed by atoms with Crippen LogP contribution in [0.25, 0.3) is 0 Å². The first kappa shape index (κ1) is 15.0. The summed E-state index contributed by atoms with van der Waals surface area (Å²) in [6, 6.07) is 13.4. The molecule has 0 aliphatic carbocycles. The third-order valence-corrected chi connectivity index (χ3v) is 2.84. The van der Waals surface area contributed by atoms with Gasteiger partial charge in [-0.15, -0.1) is 0 Å². The van der Waals surface area contributed by atoms with Crippen molar-refractivity contribution in [3.05, 3.63) is 59.7 Å². The van der Waals surface area contributed by atoms with Crippen molar-refractivity contribution in [1.29, 1.82) is 10.8 Å². The van der Waals surface area contributed by atoms with Gasteiger partial charge in [-0.3, -0.25) is 15.6 Å². The van der Waals surface area contributed by atoms with E-state index >= 15 is 0 Å². The van der Waals surface area contributed by atoms with Crippen molar-refractivity contribution in [1.82, 2.24) is 0 Å². The molecule has 2 aromatic rings. The fourth-order valence-corrected chi connectivity index (χ4v) is 1.86. The van der Waals surface area contributed by atoms with Crippen LogP contribution in [0, 0.1) is 10.8 Å². The highest BCUT2D eigenvalue weighted by Crippen LogP contribution is 2.14. The monoisotopic (exact) mass is 296 g/mol. The van der Waals surface area contributed by atoms with Gasteiger partial charge >= 0.3 is 0 Å². The maximum absolute atomic E-state index is 12.2. The molecule has 0 bridgehead atoms. The largest absolute Gasteiger partial charge is 0.384 e. The predicted octanol–water partition coefficient (Wildman–Crippen LogP) is 1.53. The lowest BCUT2D eigenvalue weighted by Gasteiger charge is -2.09. The van der Waals surface area contributed by atoms with Gasteiger partial charge in [0.1, 0.15) is 5.84 Å². The lowest BCUT2D eigenvalue weighted by Crippen LogP contribution is -2.21. The second kappa shape index (κ2) is 6.40.